The molecule has 0 saturated carbocycles. The van der Waals surface area contributed by atoms with Crippen molar-refractivity contribution in [2.75, 3.05) is 0 Å². The first-order chi connectivity index (χ1) is 7.56. The molecule has 16 heavy (non-hydrogen) atoms. The van der Waals surface area contributed by atoms with E-state index in [1.165, 1.54) is 11.1 Å². The van der Waals surface area contributed by atoms with E-state index in [0.29, 0.717) is 0 Å². The fourth-order valence-corrected chi connectivity index (χ4v) is 2.10. The summed E-state index contributed by atoms with van der Waals surface area (Å²) in [5.41, 5.74) is 8.88. The second kappa shape index (κ2) is 3.95. The maximum absolute atomic E-state index is 6.33. The molecule has 0 saturated heterocycles. The molecule has 2 heteroatoms. The van der Waals surface area contributed by atoms with E-state index in [0.717, 1.165) is 6.42 Å². The van der Waals surface area contributed by atoms with E-state index in [-0.39, 0.29) is 11.7 Å². The molecule has 1 aliphatic rings. The lowest BCUT2D eigenvalue weighted by atomic mass is 9.93. The monoisotopic (exact) mass is 216 g/mol. The summed E-state index contributed by atoms with van der Waals surface area (Å²) < 4.78 is 0. The Labute approximate surface area is 97.8 Å². The fraction of sp³-hybridized carbons (Fsp3) is 0.429. The highest BCUT2D eigenvalue weighted by atomic mass is 15.3. The Morgan fingerprint density at radius 3 is 2.69 bits per heavy atom. The Morgan fingerprint density at radius 1 is 1.31 bits per heavy atom. The number of hydrogen-bond donors (Lipinski definition) is 1. The Bertz CT molecular complexity index is 407. The first kappa shape index (κ1) is 11.2. The van der Waals surface area contributed by atoms with Crippen LogP contribution >= 0.6 is 0 Å². The molecule has 1 aromatic rings. The summed E-state index contributed by atoms with van der Waals surface area (Å²) >= 11 is 0. The number of nitrogens with two attached hydrogens (primary N) is 1. The van der Waals surface area contributed by atoms with E-state index in [1.54, 1.807) is 0 Å². The molecule has 0 bridgehead atoms. The van der Waals surface area contributed by atoms with Gasteiger partial charge in [0.25, 0.3) is 0 Å². The van der Waals surface area contributed by atoms with Gasteiger partial charge < -0.3 is 10.6 Å². The zero-order valence-corrected chi connectivity index (χ0v) is 10.3. The molecule has 0 spiro atoms. The van der Waals surface area contributed by atoms with Gasteiger partial charge in [0, 0.05) is 11.7 Å². The molecule has 0 fully saturated rings. The van der Waals surface area contributed by atoms with Gasteiger partial charge in [-0.3, -0.25) is 0 Å². The van der Waals surface area contributed by atoms with Gasteiger partial charge >= 0.3 is 0 Å². The van der Waals surface area contributed by atoms with Crippen LogP contribution in [0, 0.1) is 0 Å². The molecule has 2 nitrogen and oxygen atoms in total. The zero-order valence-electron chi connectivity index (χ0n) is 10.3. The third-order valence-electron chi connectivity index (χ3n) is 3.59. The highest BCUT2D eigenvalue weighted by Gasteiger charge is 2.30. The Morgan fingerprint density at radius 2 is 2.00 bits per heavy atom. The number of hydrogen-bond acceptors (Lipinski definition) is 2. The number of nitrogens with zero attached hydrogens (tertiary/aromatic N) is 1. The van der Waals surface area contributed by atoms with Crippen molar-refractivity contribution in [3.05, 3.63) is 41.6 Å². The third kappa shape index (κ3) is 1.74. The van der Waals surface area contributed by atoms with Gasteiger partial charge in [-0.25, -0.2) is 0 Å². The minimum Gasteiger partial charge on any atom is -0.353 e. The summed E-state index contributed by atoms with van der Waals surface area (Å²) in [6.07, 6.45) is 5.32. The SMILES string of the molecule is CCC(C)(C)N1C=Cc2ccccc2C1N. The molecule has 2 N–H and O–H groups in total. The molecule has 86 valence electrons. The van der Waals surface area contributed by atoms with Gasteiger partial charge in [0.1, 0.15) is 6.17 Å². The van der Waals surface area contributed by atoms with Gasteiger partial charge in [-0.1, -0.05) is 31.2 Å². The zero-order chi connectivity index (χ0) is 11.8. The van der Waals surface area contributed by atoms with Gasteiger partial charge in [0.2, 0.25) is 0 Å². The molecular formula is C14H20N2. The van der Waals surface area contributed by atoms with Crippen molar-refractivity contribution in [2.24, 2.45) is 5.73 Å². The molecule has 1 aromatic carbocycles. The van der Waals surface area contributed by atoms with Gasteiger partial charge in [-0.05, 0) is 37.5 Å². The van der Waals surface area contributed by atoms with Crippen LogP contribution < -0.4 is 5.73 Å². The van der Waals surface area contributed by atoms with Crippen LogP contribution in [0.25, 0.3) is 6.08 Å². The van der Waals surface area contributed by atoms with Crippen LogP contribution in [0.1, 0.15) is 44.5 Å². The van der Waals surface area contributed by atoms with Gasteiger partial charge in [-0.15, -0.1) is 0 Å². The molecular weight excluding hydrogens is 196 g/mol. The average molecular weight is 216 g/mol. The van der Waals surface area contributed by atoms with E-state index in [2.05, 4.69) is 62.2 Å². The topological polar surface area (TPSA) is 29.3 Å². The molecule has 0 aromatic heterocycles. The minimum absolute atomic E-state index is 0.0313. The van der Waals surface area contributed by atoms with Gasteiger partial charge in [0.05, 0.1) is 0 Å². The van der Waals surface area contributed by atoms with Crippen LogP contribution in [-0.4, -0.2) is 10.4 Å². The van der Waals surface area contributed by atoms with Crippen LogP contribution in [0.5, 0.6) is 0 Å². The molecule has 1 unspecified atom stereocenters. The lowest BCUT2D eigenvalue weighted by molar-refractivity contribution is 0.125. The van der Waals surface area contributed by atoms with Crippen LogP contribution in [-0.2, 0) is 0 Å². The number of fused-ring (bicyclic) bond motifs is 1. The van der Waals surface area contributed by atoms with Crippen molar-refractivity contribution in [2.45, 2.75) is 38.9 Å². The summed E-state index contributed by atoms with van der Waals surface area (Å²) in [6.45, 7) is 6.65. The molecule has 0 aliphatic carbocycles. The van der Waals surface area contributed by atoms with E-state index in [1.807, 2.05) is 0 Å². The summed E-state index contributed by atoms with van der Waals surface area (Å²) in [6, 6.07) is 8.33. The first-order valence-electron chi connectivity index (χ1n) is 5.87. The van der Waals surface area contributed by atoms with Crippen LogP contribution in [0.2, 0.25) is 0 Å². The number of benzene rings is 1. The average Bonchev–Trinajstić information content (AvgIpc) is 2.29. The summed E-state index contributed by atoms with van der Waals surface area (Å²) in [5, 5.41) is 0. The van der Waals surface area contributed by atoms with E-state index in [9.17, 15) is 0 Å². The van der Waals surface area contributed by atoms with Crippen molar-refractivity contribution in [3.63, 3.8) is 0 Å². The third-order valence-corrected chi connectivity index (χ3v) is 3.59. The first-order valence-corrected chi connectivity index (χ1v) is 5.87. The maximum Gasteiger partial charge on any atom is 0.104 e. The smallest absolute Gasteiger partial charge is 0.104 e. The largest absolute Gasteiger partial charge is 0.353 e. The summed E-state index contributed by atoms with van der Waals surface area (Å²) in [4.78, 5) is 2.25. The van der Waals surface area contributed by atoms with Crippen molar-refractivity contribution >= 4 is 6.08 Å². The number of rotatable bonds is 2. The Hall–Kier alpha value is -1.28. The quantitative estimate of drug-likeness (QED) is 0.823. The minimum atomic E-state index is -0.0313. The molecule has 0 amide bonds. The van der Waals surface area contributed by atoms with Crippen LogP contribution in [0.3, 0.4) is 0 Å². The van der Waals surface area contributed by atoms with Gasteiger partial charge in [-0.2, -0.15) is 0 Å². The van der Waals surface area contributed by atoms with E-state index >= 15 is 0 Å². The van der Waals surface area contributed by atoms with Gasteiger partial charge in [0.15, 0.2) is 0 Å². The normalized spacial score (nSPS) is 19.8. The lowest BCUT2D eigenvalue weighted by Crippen LogP contribution is -2.46. The fourth-order valence-electron chi connectivity index (χ4n) is 2.10. The second-order valence-electron chi connectivity index (χ2n) is 4.96. The highest BCUT2D eigenvalue weighted by Crippen LogP contribution is 2.33. The summed E-state index contributed by atoms with van der Waals surface area (Å²) in [7, 11) is 0. The second-order valence-corrected chi connectivity index (χ2v) is 4.96. The van der Waals surface area contributed by atoms with Crippen molar-refractivity contribution in [3.8, 4) is 0 Å². The van der Waals surface area contributed by atoms with Crippen molar-refractivity contribution in [1.29, 1.82) is 0 Å². The lowest BCUT2D eigenvalue weighted by Gasteiger charge is -2.43. The molecule has 1 aliphatic heterocycles. The molecule has 2 rings (SSSR count). The molecule has 0 radical (unpaired) electrons. The molecule has 1 atom stereocenters. The Balaban J connectivity index is 2.38. The van der Waals surface area contributed by atoms with Crippen molar-refractivity contribution < 1.29 is 0 Å². The van der Waals surface area contributed by atoms with Crippen LogP contribution in [0.15, 0.2) is 30.5 Å². The van der Waals surface area contributed by atoms with Crippen LogP contribution in [0.4, 0.5) is 0 Å². The highest BCUT2D eigenvalue weighted by molar-refractivity contribution is 5.57. The summed E-state index contributed by atoms with van der Waals surface area (Å²) in [5.74, 6) is 0. The predicted octanol–water partition coefficient (Wildman–Crippen LogP) is 3.12. The van der Waals surface area contributed by atoms with Crippen molar-refractivity contribution in [1.82, 2.24) is 4.90 Å². The van der Waals surface area contributed by atoms with E-state index < -0.39 is 0 Å². The van der Waals surface area contributed by atoms with E-state index in [4.69, 9.17) is 5.73 Å². The standard InChI is InChI=1S/C14H20N2/c1-4-14(2,3)16-10-9-11-7-5-6-8-12(11)13(16)15/h5-10,13H,4,15H2,1-3H3. The predicted molar refractivity (Wildman–Crippen MR) is 68.6 cm³/mol. The maximum atomic E-state index is 6.33. The molecule has 1 heterocycles. The Kier molecular flexibility index (Phi) is 2.76.